The minimum atomic E-state index is -0.349. The molecule has 170 valence electrons. The van der Waals surface area contributed by atoms with Crippen LogP contribution in [0.2, 0.25) is 0 Å². The second-order valence-corrected chi connectivity index (χ2v) is 7.99. The number of nitrogens with one attached hydrogen (secondary N) is 1. The normalized spacial score (nSPS) is 15.5. The molecule has 5 rings (SSSR count). The third-order valence-corrected chi connectivity index (χ3v) is 5.82. The van der Waals surface area contributed by atoms with Crippen LogP contribution in [0, 0.1) is 18.7 Å². The van der Waals surface area contributed by atoms with Gasteiger partial charge in [-0.25, -0.2) is 14.1 Å². The second kappa shape index (κ2) is 8.53. The molecule has 0 spiro atoms. The van der Waals surface area contributed by atoms with Crippen molar-refractivity contribution in [1.82, 2.24) is 19.7 Å². The number of hydrogen-bond donors (Lipinski definition) is 1. The van der Waals surface area contributed by atoms with E-state index in [1.807, 2.05) is 0 Å². The number of anilines is 1. The molecule has 0 unspecified atom stereocenters. The van der Waals surface area contributed by atoms with E-state index in [4.69, 9.17) is 9.47 Å². The average molecular weight is 451 g/mol. The minimum absolute atomic E-state index is 0.0834. The molecule has 0 radical (unpaired) electrons. The Balaban J connectivity index is 1.19. The van der Waals surface area contributed by atoms with Crippen LogP contribution < -0.4 is 14.8 Å². The van der Waals surface area contributed by atoms with Crippen LogP contribution in [0.5, 0.6) is 11.5 Å². The van der Waals surface area contributed by atoms with Crippen LogP contribution in [-0.2, 0) is 4.79 Å². The van der Waals surface area contributed by atoms with E-state index in [0.717, 1.165) is 0 Å². The number of hydrogen-bond acceptors (Lipinski definition) is 6. The van der Waals surface area contributed by atoms with Crippen LogP contribution in [0.4, 0.5) is 10.1 Å². The maximum absolute atomic E-state index is 13.2. The summed E-state index contributed by atoms with van der Waals surface area (Å²) in [4.78, 5) is 31.6. The van der Waals surface area contributed by atoms with E-state index in [0.29, 0.717) is 54.6 Å². The zero-order valence-corrected chi connectivity index (χ0v) is 18.0. The number of amides is 2. The Hall–Kier alpha value is -3.95. The topological polar surface area (TPSA) is 98.6 Å². The van der Waals surface area contributed by atoms with Gasteiger partial charge in [-0.05, 0) is 56.2 Å². The molecule has 2 amide bonds. The number of benzene rings is 2. The highest BCUT2D eigenvalue weighted by atomic mass is 19.1. The van der Waals surface area contributed by atoms with Crippen molar-refractivity contribution in [2.45, 2.75) is 19.8 Å². The molecule has 10 heteroatoms. The van der Waals surface area contributed by atoms with Gasteiger partial charge in [-0.15, -0.1) is 5.10 Å². The Labute approximate surface area is 189 Å². The van der Waals surface area contributed by atoms with Gasteiger partial charge in [0.1, 0.15) is 11.6 Å². The van der Waals surface area contributed by atoms with Gasteiger partial charge in [0.2, 0.25) is 18.5 Å². The first-order valence-electron chi connectivity index (χ1n) is 10.7. The number of carbonyl (C=O) groups excluding carboxylic acids is 2. The van der Waals surface area contributed by atoms with E-state index in [1.165, 1.54) is 16.8 Å². The molecule has 0 bridgehead atoms. The Bertz CT molecular complexity index is 1200. The van der Waals surface area contributed by atoms with Crippen molar-refractivity contribution in [1.29, 1.82) is 0 Å². The molecular formula is C23H22FN5O4. The van der Waals surface area contributed by atoms with E-state index >= 15 is 0 Å². The van der Waals surface area contributed by atoms with Crippen LogP contribution in [0.15, 0.2) is 42.5 Å². The van der Waals surface area contributed by atoms with Gasteiger partial charge in [-0.2, -0.15) is 0 Å². The predicted molar refractivity (Wildman–Crippen MR) is 116 cm³/mol. The number of ether oxygens (including phenoxy) is 2. The molecule has 1 saturated heterocycles. The van der Waals surface area contributed by atoms with Gasteiger partial charge in [0.05, 0.1) is 5.69 Å². The van der Waals surface area contributed by atoms with Gasteiger partial charge < -0.3 is 19.7 Å². The number of aryl methyl sites for hydroxylation is 1. The fourth-order valence-electron chi connectivity index (χ4n) is 4.01. The smallest absolute Gasteiger partial charge is 0.293 e. The third kappa shape index (κ3) is 4.23. The Morgan fingerprint density at radius 1 is 1.06 bits per heavy atom. The highest BCUT2D eigenvalue weighted by Crippen LogP contribution is 2.34. The highest BCUT2D eigenvalue weighted by molar-refractivity contribution is 5.94. The van der Waals surface area contributed by atoms with Gasteiger partial charge in [0, 0.05) is 30.8 Å². The number of fused-ring (bicyclic) bond motifs is 1. The number of aromatic nitrogens is 3. The van der Waals surface area contributed by atoms with Crippen molar-refractivity contribution in [3.63, 3.8) is 0 Å². The summed E-state index contributed by atoms with van der Waals surface area (Å²) in [6, 6.07) is 11.1. The lowest BCUT2D eigenvalue weighted by Gasteiger charge is -2.30. The van der Waals surface area contributed by atoms with Crippen molar-refractivity contribution < 1.29 is 23.5 Å². The lowest BCUT2D eigenvalue weighted by molar-refractivity contribution is -0.121. The molecule has 1 aromatic heterocycles. The number of nitrogens with zero attached hydrogens (tertiary/aromatic N) is 4. The molecule has 3 aromatic rings. The monoisotopic (exact) mass is 451 g/mol. The maximum atomic E-state index is 13.2. The summed E-state index contributed by atoms with van der Waals surface area (Å²) >= 11 is 0. The molecular weight excluding hydrogens is 429 g/mol. The van der Waals surface area contributed by atoms with E-state index in [1.54, 1.807) is 42.2 Å². The van der Waals surface area contributed by atoms with Crippen LogP contribution >= 0.6 is 0 Å². The van der Waals surface area contributed by atoms with Crippen molar-refractivity contribution in [2.24, 2.45) is 5.92 Å². The van der Waals surface area contributed by atoms with Crippen LogP contribution in [-0.4, -0.2) is 51.4 Å². The fraction of sp³-hybridized carbons (Fsp3) is 0.304. The number of likely N-dealkylation sites (tertiary alicyclic amines) is 1. The van der Waals surface area contributed by atoms with E-state index < -0.39 is 0 Å². The van der Waals surface area contributed by atoms with Crippen molar-refractivity contribution in [2.75, 3.05) is 25.2 Å². The molecule has 0 aliphatic carbocycles. The highest BCUT2D eigenvalue weighted by Gasteiger charge is 2.30. The number of piperidine rings is 1. The summed E-state index contributed by atoms with van der Waals surface area (Å²) in [6.07, 6.45) is 1.08. The van der Waals surface area contributed by atoms with Gasteiger partial charge in [0.25, 0.3) is 5.91 Å². The zero-order chi connectivity index (χ0) is 22.9. The van der Waals surface area contributed by atoms with Gasteiger partial charge in [-0.3, -0.25) is 9.59 Å². The van der Waals surface area contributed by atoms with Crippen LogP contribution in [0.25, 0.3) is 5.69 Å². The standard InChI is InChI=1S/C23H22FN5O4/c1-14-25-21(27-29(14)18-5-2-16(24)3-6-18)23(31)28-10-8-15(9-11-28)22(30)26-17-4-7-19-20(12-17)33-13-32-19/h2-7,12,15H,8-11,13H2,1H3,(H,26,30). The van der Waals surface area contributed by atoms with Crippen LogP contribution in [0.1, 0.15) is 29.3 Å². The molecule has 3 heterocycles. The second-order valence-electron chi connectivity index (χ2n) is 7.99. The molecule has 1 fully saturated rings. The van der Waals surface area contributed by atoms with Gasteiger partial charge >= 0.3 is 0 Å². The number of rotatable bonds is 4. The Kier molecular flexibility index (Phi) is 5.41. The first kappa shape index (κ1) is 20.9. The summed E-state index contributed by atoms with van der Waals surface area (Å²) in [5.74, 6) is 0.956. The summed E-state index contributed by atoms with van der Waals surface area (Å²) in [6.45, 7) is 2.78. The van der Waals surface area contributed by atoms with Gasteiger partial charge in [-0.1, -0.05) is 0 Å². The number of halogens is 1. The average Bonchev–Trinajstić information content (AvgIpc) is 3.45. The third-order valence-electron chi connectivity index (χ3n) is 5.82. The van der Waals surface area contributed by atoms with Gasteiger partial charge in [0.15, 0.2) is 11.5 Å². The minimum Gasteiger partial charge on any atom is -0.454 e. The number of carbonyl (C=O) groups is 2. The summed E-state index contributed by atoms with van der Waals surface area (Å²) < 4.78 is 25.3. The van der Waals surface area contributed by atoms with Crippen molar-refractivity contribution in [3.05, 3.63) is 59.9 Å². The largest absolute Gasteiger partial charge is 0.454 e. The first-order chi connectivity index (χ1) is 16.0. The zero-order valence-electron chi connectivity index (χ0n) is 18.0. The van der Waals surface area contributed by atoms with E-state index in [-0.39, 0.29) is 36.2 Å². The molecule has 33 heavy (non-hydrogen) atoms. The lowest BCUT2D eigenvalue weighted by Crippen LogP contribution is -2.41. The summed E-state index contributed by atoms with van der Waals surface area (Å²) in [5, 5.41) is 7.23. The van der Waals surface area contributed by atoms with Crippen molar-refractivity contribution in [3.8, 4) is 17.2 Å². The van der Waals surface area contributed by atoms with Crippen LogP contribution in [0.3, 0.4) is 0 Å². The predicted octanol–water partition coefficient (Wildman–Crippen LogP) is 2.93. The molecule has 1 N–H and O–H groups in total. The SMILES string of the molecule is Cc1nc(C(=O)N2CCC(C(=O)Nc3ccc4c(c3)OCO4)CC2)nn1-c1ccc(F)cc1. The Morgan fingerprint density at radius 3 is 2.55 bits per heavy atom. The molecule has 0 atom stereocenters. The molecule has 2 aliphatic heterocycles. The molecule has 9 nitrogen and oxygen atoms in total. The first-order valence-corrected chi connectivity index (χ1v) is 10.7. The molecule has 0 saturated carbocycles. The summed E-state index contributed by atoms with van der Waals surface area (Å²) in [7, 11) is 0. The van der Waals surface area contributed by atoms with E-state index in [9.17, 15) is 14.0 Å². The quantitative estimate of drug-likeness (QED) is 0.655. The lowest BCUT2D eigenvalue weighted by atomic mass is 9.95. The van der Waals surface area contributed by atoms with E-state index in [2.05, 4.69) is 15.4 Å². The van der Waals surface area contributed by atoms with Crippen molar-refractivity contribution >= 4 is 17.5 Å². The maximum Gasteiger partial charge on any atom is 0.293 e. The summed E-state index contributed by atoms with van der Waals surface area (Å²) in [5.41, 5.74) is 1.27. The molecule has 2 aliphatic rings. The Morgan fingerprint density at radius 2 is 1.79 bits per heavy atom. The fourth-order valence-corrected chi connectivity index (χ4v) is 4.01. The molecule has 2 aromatic carbocycles.